The van der Waals surface area contributed by atoms with E-state index in [9.17, 15) is 14.7 Å². The molecule has 0 aromatic heterocycles. The zero-order chi connectivity index (χ0) is 32.4. The molecule has 5 rings (SSSR count). The molecule has 2 aromatic rings. The Labute approximate surface area is 266 Å². The first-order valence-corrected chi connectivity index (χ1v) is 16.1. The summed E-state index contributed by atoms with van der Waals surface area (Å²) in [6, 6.07) is 13.8. The quantitative estimate of drug-likeness (QED) is 0.181. The van der Waals surface area contributed by atoms with Crippen LogP contribution in [-0.4, -0.2) is 70.8 Å². The molecule has 8 heteroatoms. The van der Waals surface area contributed by atoms with Gasteiger partial charge in [-0.05, 0) is 75.1 Å². The highest BCUT2D eigenvalue weighted by molar-refractivity contribution is 6.05. The lowest BCUT2D eigenvalue weighted by Crippen LogP contribution is -2.59. The van der Waals surface area contributed by atoms with Crippen molar-refractivity contribution in [3.8, 4) is 0 Å². The Morgan fingerprint density at radius 2 is 1.91 bits per heavy atom. The van der Waals surface area contributed by atoms with Gasteiger partial charge in [0, 0.05) is 12.2 Å². The van der Waals surface area contributed by atoms with Crippen molar-refractivity contribution < 1.29 is 29.0 Å². The van der Waals surface area contributed by atoms with Gasteiger partial charge in [-0.15, -0.1) is 13.2 Å². The highest BCUT2D eigenvalue weighted by atomic mass is 16.6. The Kier molecular flexibility index (Phi) is 9.65. The van der Waals surface area contributed by atoms with Crippen LogP contribution in [0.3, 0.4) is 0 Å². The minimum absolute atomic E-state index is 0.216. The van der Waals surface area contributed by atoms with Crippen molar-refractivity contribution in [2.24, 2.45) is 11.8 Å². The third kappa shape index (κ3) is 5.63. The molecule has 0 saturated carbocycles. The second-order valence-corrected chi connectivity index (χ2v) is 12.7. The number of unbranched alkanes of at least 4 members (excludes halogenated alkanes) is 1. The molecule has 2 unspecified atom stereocenters. The van der Waals surface area contributed by atoms with Gasteiger partial charge in [-0.3, -0.25) is 14.4 Å². The molecule has 1 spiro atoms. The molecule has 2 bridgehead atoms. The number of aliphatic hydroxyl groups is 1. The Bertz CT molecular complexity index is 1440. The number of esters is 1. The van der Waals surface area contributed by atoms with Crippen molar-refractivity contribution in [1.29, 1.82) is 0 Å². The number of hydrogen-bond acceptors (Lipinski definition) is 6. The fourth-order valence-electron chi connectivity index (χ4n) is 7.91. The predicted molar refractivity (Wildman–Crippen MR) is 174 cm³/mol. The maximum atomic E-state index is 15.1. The first-order chi connectivity index (χ1) is 21.7. The van der Waals surface area contributed by atoms with E-state index in [0.717, 1.165) is 22.4 Å². The van der Waals surface area contributed by atoms with Crippen LogP contribution in [0.2, 0.25) is 0 Å². The molecule has 45 heavy (non-hydrogen) atoms. The van der Waals surface area contributed by atoms with E-state index >= 15 is 4.79 Å². The van der Waals surface area contributed by atoms with E-state index in [1.54, 1.807) is 22.0 Å². The Morgan fingerprint density at radius 3 is 2.58 bits per heavy atom. The van der Waals surface area contributed by atoms with Crippen molar-refractivity contribution >= 4 is 23.5 Å². The maximum Gasteiger partial charge on any atom is 0.312 e. The van der Waals surface area contributed by atoms with Gasteiger partial charge < -0.3 is 24.4 Å². The van der Waals surface area contributed by atoms with E-state index in [-0.39, 0.29) is 31.6 Å². The van der Waals surface area contributed by atoms with Gasteiger partial charge in [-0.25, -0.2) is 0 Å². The largest absolute Gasteiger partial charge is 0.465 e. The van der Waals surface area contributed by atoms with Crippen molar-refractivity contribution in [2.45, 2.75) is 82.6 Å². The normalized spacial score (nSPS) is 27.2. The number of carbonyl (C=O) groups is 3. The smallest absolute Gasteiger partial charge is 0.312 e. The molecule has 8 nitrogen and oxygen atoms in total. The summed E-state index contributed by atoms with van der Waals surface area (Å²) in [6.45, 7) is 13.6. The molecule has 3 fully saturated rings. The van der Waals surface area contributed by atoms with Crippen LogP contribution < -0.4 is 4.90 Å². The Morgan fingerprint density at radius 1 is 1.16 bits per heavy atom. The number of rotatable bonds is 14. The molecule has 3 aliphatic rings. The van der Waals surface area contributed by atoms with E-state index in [4.69, 9.17) is 9.47 Å². The minimum atomic E-state index is -1.24. The summed E-state index contributed by atoms with van der Waals surface area (Å²) in [7, 11) is 0. The van der Waals surface area contributed by atoms with Crippen molar-refractivity contribution in [3.05, 3.63) is 90.5 Å². The van der Waals surface area contributed by atoms with Crippen LogP contribution in [0.1, 0.15) is 55.7 Å². The third-order valence-electron chi connectivity index (χ3n) is 10.1. The van der Waals surface area contributed by atoms with Crippen LogP contribution in [0.25, 0.3) is 0 Å². The van der Waals surface area contributed by atoms with Gasteiger partial charge in [0.25, 0.3) is 5.91 Å². The van der Waals surface area contributed by atoms with Gasteiger partial charge in [-0.1, -0.05) is 61.5 Å². The fourth-order valence-corrected chi connectivity index (χ4v) is 7.91. The molecule has 0 radical (unpaired) electrons. The number of aliphatic hydroxyl groups excluding tert-OH is 1. The van der Waals surface area contributed by atoms with Gasteiger partial charge in [0.05, 0.1) is 30.8 Å². The average molecular weight is 615 g/mol. The monoisotopic (exact) mass is 614 g/mol. The molecule has 2 amide bonds. The van der Waals surface area contributed by atoms with E-state index in [2.05, 4.69) is 13.2 Å². The first-order valence-electron chi connectivity index (χ1n) is 16.1. The lowest BCUT2D eigenvalue weighted by molar-refractivity contribution is -0.162. The maximum absolute atomic E-state index is 15.1. The summed E-state index contributed by atoms with van der Waals surface area (Å²) < 4.78 is 12.7. The third-order valence-corrected chi connectivity index (χ3v) is 10.1. The standard InChI is InChI=1S/C37H46N2O6/c1-6-9-13-21-44-35(43)31-30-33(41)39(28(24-40)23-27-14-11-10-12-15-27)32(37(30)19-18-36(31,8-3)45-37)34(42)38(20-7-2)29-22-25(4)16-17-26(29)5/h6-7,10-12,14-17,22,28,30-32,40H,1-2,8-9,13,18-21,23-24H2,3-5H3/t28-,30+,31-,32?,36+,37?/m1/s1. The summed E-state index contributed by atoms with van der Waals surface area (Å²) in [6.07, 6.45) is 6.62. The lowest BCUT2D eigenvalue weighted by Gasteiger charge is -2.40. The van der Waals surface area contributed by atoms with Crippen molar-refractivity contribution in [2.75, 3.05) is 24.7 Å². The highest BCUT2D eigenvalue weighted by Gasteiger charge is 2.79. The molecule has 3 aliphatic heterocycles. The lowest BCUT2D eigenvalue weighted by atomic mass is 9.65. The molecule has 2 aromatic carbocycles. The molecular formula is C37H46N2O6. The number of aryl methyl sites for hydroxylation is 2. The summed E-state index contributed by atoms with van der Waals surface area (Å²) >= 11 is 0. The van der Waals surface area contributed by atoms with Gasteiger partial charge in [0.1, 0.15) is 17.6 Å². The number of hydrogen-bond donors (Lipinski definition) is 1. The zero-order valence-corrected chi connectivity index (χ0v) is 26.7. The Hall–Kier alpha value is -3.75. The molecule has 1 N–H and O–H groups in total. The first kappa shape index (κ1) is 32.6. The summed E-state index contributed by atoms with van der Waals surface area (Å²) in [4.78, 5) is 46.9. The van der Waals surface area contributed by atoms with E-state index in [0.29, 0.717) is 38.5 Å². The second-order valence-electron chi connectivity index (χ2n) is 12.7. The molecule has 240 valence electrons. The van der Waals surface area contributed by atoms with Gasteiger partial charge in [0.15, 0.2) is 0 Å². The predicted octanol–water partition coefficient (Wildman–Crippen LogP) is 5.09. The van der Waals surface area contributed by atoms with E-state index < -0.39 is 41.1 Å². The van der Waals surface area contributed by atoms with Crippen molar-refractivity contribution in [1.82, 2.24) is 4.90 Å². The van der Waals surface area contributed by atoms with E-state index in [1.165, 1.54) is 0 Å². The number of likely N-dealkylation sites (tertiary alicyclic amines) is 1. The number of allylic oxidation sites excluding steroid dienone is 1. The number of carbonyl (C=O) groups excluding carboxylic acids is 3. The molecular weight excluding hydrogens is 568 g/mol. The summed E-state index contributed by atoms with van der Waals surface area (Å²) in [5.74, 6) is -2.86. The Balaban J connectivity index is 1.62. The van der Waals surface area contributed by atoms with Gasteiger partial charge in [-0.2, -0.15) is 0 Å². The topological polar surface area (TPSA) is 96.4 Å². The summed E-state index contributed by atoms with van der Waals surface area (Å²) in [5, 5.41) is 10.8. The van der Waals surface area contributed by atoms with Gasteiger partial charge in [0.2, 0.25) is 5.91 Å². The van der Waals surface area contributed by atoms with Crippen LogP contribution in [0, 0.1) is 25.7 Å². The number of ether oxygens (including phenoxy) is 2. The number of benzene rings is 2. The molecule has 3 heterocycles. The number of fused-ring (bicyclic) bond motifs is 1. The average Bonchev–Trinajstić information content (AvgIpc) is 3.65. The van der Waals surface area contributed by atoms with Crippen LogP contribution >= 0.6 is 0 Å². The van der Waals surface area contributed by atoms with Crippen LogP contribution in [0.5, 0.6) is 0 Å². The number of anilines is 1. The number of amides is 2. The minimum Gasteiger partial charge on any atom is -0.465 e. The molecule has 0 aliphatic carbocycles. The molecule has 3 saturated heterocycles. The molecule has 6 atom stereocenters. The van der Waals surface area contributed by atoms with Crippen LogP contribution in [-0.2, 0) is 30.3 Å². The highest BCUT2D eigenvalue weighted by Crippen LogP contribution is 2.65. The SMILES string of the molecule is C=CCCCOC(=O)[C@H]1[C@H]2C(=O)N([C@@H](CO)Cc3ccccc3)C(C(=O)N(CC=C)c3cc(C)ccc3C)C23CC[C@]1(CC)O3. The van der Waals surface area contributed by atoms with Crippen LogP contribution in [0.4, 0.5) is 5.69 Å². The van der Waals surface area contributed by atoms with Crippen molar-refractivity contribution in [3.63, 3.8) is 0 Å². The van der Waals surface area contributed by atoms with Crippen LogP contribution in [0.15, 0.2) is 73.8 Å². The number of nitrogens with zero attached hydrogens (tertiary/aromatic N) is 2. The fraction of sp³-hybridized carbons (Fsp3) is 0.486. The van der Waals surface area contributed by atoms with Gasteiger partial charge >= 0.3 is 5.97 Å². The zero-order valence-electron chi connectivity index (χ0n) is 26.7. The second kappa shape index (κ2) is 13.3. The summed E-state index contributed by atoms with van der Waals surface area (Å²) in [5.41, 5.74) is 1.41. The van der Waals surface area contributed by atoms with E-state index in [1.807, 2.05) is 69.3 Å².